The Morgan fingerprint density at radius 2 is 1.68 bits per heavy atom. The van der Waals surface area contributed by atoms with Crippen LogP contribution in [0.3, 0.4) is 0 Å². The molecule has 0 unspecified atom stereocenters. The summed E-state index contributed by atoms with van der Waals surface area (Å²) in [5.41, 5.74) is 3.52. The number of carbonyl (C=O) groups is 1. The molecule has 0 aromatic heterocycles. The van der Waals surface area contributed by atoms with Gasteiger partial charge in [-0.15, -0.1) is 0 Å². The van der Waals surface area contributed by atoms with E-state index >= 15 is 0 Å². The minimum absolute atomic E-state index is 0.151. The highest BCUT2D eigenvalue weighted by Gasteiger charge is 2.05. The van der Waals surface area contributed by atoms with Gasteiger partial charge in [-0.2, -0.15) is 0 Å². The highest BCUT2D eigenvalue weighted by molar-refractivity contribution is 6.04. The molecule has 3 aromatic carbocycles. The van der Waals surface area contributed by atoms with E-state index in [1.54, 1.807) is 36.5 Å². The Morgan fingerprint density at radius 1 is 0.960 bits per heavy atom. The number of aryl methyl sites for hydroxylation is 1. The topological polar surface area (TPSA) is 61.7 Å². The quantitative estimate of drug-likeness (QED) is 0.681. The van der Waals surface area contributed by atoms with Crippen molar-refractivity contribution in [1.82, 2.24) is 0 Å². The molecule has 0 bridgehead atoms. The Kier molecular flexibility index (Phi) is 4.90. The average molecular weight is 330 g/mol. The second kappa shape index (κ2) is 7.45. The standard InChI is InChI=1S/C21H18N2O2/c1-15-6-5-9-17(20(15)24)14-22-18-10-12-19(13-11-18)23-21(25)16-7-3-2-4-8-16/h2-14,24H,1H3,(H,23,25). The van der Waals surface area contributed by atoms with Crippen molar-refractivity contribution in [3.63, 3.8) is 0 Å². The normalized spacial score (nSPS) is 10.8. The lowest BCUT2D eigenvalue weighted by Gasteiger charge is -2.05. The molecule has 0 radical (unpaired) electrons. The van der Waals surface area contributed by atoms with E-state index in [4.69, 9.17) is 0 Å². The van der Waals surface area contributed by atoms with Gasteiger partial charge in [0.25, 0.3) is 5.91 Å². The molecule has 0 saturated carbocycles. The van der Waals surface area contributed by atoms with Gasteiger partial charge in [-0.3, -0.25) is 9.79 Å². The third kappa shape index (κ3) is 4.12. The molecule has 4 nitrogen and oxygen atoms in total. The highest BCUT2D eigenvalue weighted by atomic mass is 16.3. The maximum Gasteiger partial charge on any atom is 0.255 e. The van der Waals surface area contributed by atoms with Gasteiger partial charge >= 0.3 is 0 Å². The van der Waals surface area contributed by atoms with E-state index in [9.17, 15) is 9.90 Å². The van der Waals surface area contributed by atoms with E-state index in [0.29, 0.717) is 16.8 Å². The van der Waals surface area contributed by atoms with Crippen LogP contribution < -0.4 is 5.32 Å². The van der Waals surface area contributed by atoms with E-state index in [-0.39, 0.29) is 11.7 Å². The lowest BCUT2D eigenvalue weighted by atomic mass is 10.1. The molecule has 0 aliphatic heterocycles. The van der Waals surface area contributed by atoms with Crippen molar-refractivity contribution >= 4 is 23.5 Å². The predicted octanol–water partition coefficient (Wildman–Crippen LogP) is 4.70. The maximum absolute atomic E-state index is 12.1. The fourth-order valence-electron chi connectivity index (χ4n) is 2.35. The van der Waals surface area contributed by atoms with E-state index < -0.39 is 0 Å². The Bertz CT molecular complexity index is 901. The summed E-state index contributed by atoms with van der Waals surface area (Å²) in [5.74, 6) is 0.0829. The fourth-order valence-corrected chi connectivity index (χ4v) is 2.35. The molecule has 25 heavy (non-hydrogen) atoms. The number of nitrogens with one attached hydrogen (secondary N) is 1. The number of hydrogen-bond acceptors (Lipinski definition) is 3. The number of amides is 1. The smallest absolute Gasteiger partial charge is 0.255 e. The zero-order valence-corrected chi connectivity index (χ0v) is 13.8. The van der Waals surface area contributed by atoms with Crippen molar-refractivity contribution in [2.75, 3.05) is 5.32 Å². The van der Waals surface area contributed by atoms with Gasteiger partial charge in [0, 0.05) is 23.0 Å². The number of aliphatic imine (C=N–C) groups is 1. The van der Waals surface area contributed by atoms with Crippen LogP contribution in [0.5, 0.6) is 5.75 Å². The van der Waals surface area contributed by atoms with Gasteiger partial charge < -0.3 is 10.4 Å². The summed E-state index contributed by atoms with van der Waals surface area (Å²) in [6.07, 6.45) is 1.62. The molecule has 4 heteroatoms. The van der Waals surface area contributed by atoms with Gasteiger partial charge in [0.1, 0.15) is 5.75 Å². The molecular weight excluding hydrogens is 312 g/mol. The summed E-state index contributed by atoms with van der Waals surface area (Å²) in [6.45, 7) is 1.84. The molecule has 0 spiro atoms. The van der Waals surface area contributed by atoms with E-state index in [1.807, 2.05) is 49.4 Å². The average Bonchev–Trinajstić information content (AvgIpc) is 2.65. The van der Waals surface area contributed by atoms with Gasteiger partial charge in [0.2, 0.25) is 0 Å². The SMILES string of the molecule is Cc1cccc(C=Nc2ccc(NC(=O)c3ccccc3)cc2)c1O. The molecule has 0 atom stereocenters. The summed E-state index contributed by atoms with van der Waals surface area (Å²) in [7, 11) is 0. The van der Waals surface area contributed by atoms with Crippen molar-refractivity contribution in [1.29, 1.82) is 0 Å². The lowest BCUT2D eigenvalue weighted by Crippen LogP contribution is -2.11. The largest absolute Gasteiger partial charge is 0.507 e. The number of aromatic hydroxyl groups is 1. The van der Waals surface area contributed by atoms with Gasteiger partial charge in [0.15, 0.2) is 0 Å². The van der Waals surface area contributed by atoms with Crippen molar-refractivity contribution < 1.29 is 9.90 Å². The van der Waals surface area contributed by atoms with Crippen LogP contribution in [0.4, 0.5) is 11.4 Å². The monoisotopic (exact) mass is 330 g/mol. The molecule has 0 aliphatic carbocycles. The van der Waals surface area contributed by atoms with Crippen LogP contribution in [0, 0.1) is 6.92 Å². The zero-order valence-electron chi connectivity index (χ0n) is 13.8. The minimum atomic E-state index is -0.151. The lowest BCUT2D eigenvalue weighted by molar-refractivity contribution is 0.102. The number of hydrogen-bond donors (Lipinski definition) is 2. The van der Waals surface area contributed by atoms with Crippen LogP contribution in [0.2, 0.25) is 0 Å². The summed E-state index contributed by atoms with van der Waals surface area (Å²) >= 11 is 0. The number of phenolic OH excluding ortho intramolecular Hbond substituents is 1. The number of anilines is 1. The molecule has 124 valence electrons. The van der Waals surface area contributed by atoms with E-state index in [0.717, 1.165) is 11.3 Å². The summed E-state index contributed by atoms with van der Waals surface area (Å²) in [4.78, 5) is 16.5. The third-order valence-electron chi connectivity index (χ3n) is 3.78. The Morgan fingerprint density at radius 3 is 2.40 bits per heavy atom. The van der Waals surface area contributed by atoms with Crippen LogP contribution in [0.15, 0.2) is 77.8 Å². The zero-order chi connectivity index (χ0) is 17.6. The van der Waals surface area contributed by atoms with Crippen LogP contribution in [-0.4, -0.2) is 17.2 Å². The number of benzene rings is 3. The van der Waals surface area contributed by atoms with Crippen LogP contribution >= 0.6 is 0 Å². The molecule has 0 heterocycles. The van der Waals surface area contributed by atoms with E-state index in [2.05, 4.69) is 10.3 Å². The summed E-state index contributed by atoms with van der Waals surface area (Å²) < 4.78 is 0. The number of rotatable bonds is 4. The number of carbonyl (C=O) groups excluding carboxylic acids is 1. The van der Waals surface area contributed by atoms with Gasteiger partial charge in [-0.1, -0.05) is 30.3 Å². The Labute approximate surface area is 146 Å². The summed E-state index contributed by atoms with van der Waals surface area (Å²) in [6, 6.07) is 21.8. The number of para-hydroxylation sites is 1. The van der Waals surface area contributed by atoms with Crippen molar-refractivity contribution in [3.05, 3.63) is 89.5 Å². The van der Waals surface area contributed by atoms with Gasteiger partial charge in [-0.25, -0.2) is 0 Å². The van der Waals surface area contributed by atoms with Crippen molar-refractivity contribution in [3.8, 4) is 5.75 Å². The van der Waals surface area contributed by atoms with E-state index in [1.165, 1.54) is 0 Å². The highest BCUT2D eigenvalue weighted by Crippen LogP contribution is 2.21. The van der Waals surface area contributed by atoms with Crippen molar-refractivity contribution in [2.45, 2.75) is 6.92 Å². The first-order valence-electron chi connectivity index (χ1n) is 7.92. The molecular formula is C21H18N2O2. The Hall–Kier alpha value is -3.40. The first-order valence-corrected chi connectivity index (χ1v) is 7.92. The first kappa shape index (κ1) is 16.5. The first-order chi connectivity index (χ1) is 12.1. The van der Waals surface area contributed by atoms with Crippen LogP contribution in [0.25, 0.3) is 0 Å². The minimum Gasteiger partial charge on any atom is -0.507 e. The molecule has 0 saturated heterocycles. The summed E-state index contributed by atoms with van der Waals surface area (Å²) in [5, 5.41) is 12.8. The second-order valence-corrected chi connectivity index (χ2v) is 5.64. The molecule has 0 aliphatic rings. The van der Waals surface area contributed by atoms with Crippen molar-refractivity contribution in [2.24, 2.45) is 4.99 Å². The number of phenols is 1. The third-order valence-corrected chi connectivity index (χ3v) is 3.78. The Balaban J connectivity index is 1.69. The van der Waals surface area contributed by atoms with Gasteiger partial charge in [-0.05, 0) is 55.0 Å². The second-order valence-electron chi connectivity index (χ2n) is 5.64. The molecule has 3 aromatic rings. The van der Waals surface area contributed by atoms with Crippen LogP contribution in [0.1, 0.15) is 21.5 Å². The maximum atomic E-state index is 12.1. The fraction of sp³-hybridized carbons (Fsp3) is 0.0476. The number of nitrogens with zero attached hydrogens (tertiary/aromatic N) is 1. The molecule has 0 fully saturated rings. The van der Waals surface area contributed by atoms with Crippen LogP contribution in [-0.2, 0) is 0 Å². The molecule has 2 N–H and O–H groups in total. The molecule has 3 rings (SSSR count). The predicted molar refractivity (Wildman–Crippen MR) is 101 cm³/mol. The van der Waals surface area contributed by atoms with Gasteiger partial charge in [0.05, 0.1) is 5.69 Å². The molecule has 1 amide bonds.